The second-order valence-corrected chi connectivity index (χ2v) is 7.21. The van der Waals surface area contributed by atoms with Crippen molar-refractivity contribution in [1.29, 1.82) is 0 Å². The van der Waals surface area contributed by atoms with Crippen LogP contribution in [0, 0.1) is 0 Å². The van der Waals surface area contributed by atoms with Crippen LogP contribution in [0.15, 0.2) is 95.2 Å². The lowest BCUT2D eigenvalue weighted by Crippen LogP contribution is -2.13. The summed E-state index contributed by atoms with van der Waals surface area (Å²) in [5.74, 6) is 1.56. The molecule has 0 N–H and O–H groups in total. The van der Waals surface area contributed by atoms with Crippen molar-refractivity contribution >= 4 is 17.5 Å². The molecule has 0 bridgehead atoms. The number of benzene rings is 3. The number of thioether (sulfide) groups is 1. The number of nitrogens with zero attached hydrogens (tertiary/aromatic N) is 4. The van der Waals surface area contributed by atoms with Gasteiger partial charge in [0.05, 0.1) is 5.71 Å². The number of fused-ring (bicyclic) bond motifs is 1. The summed E-state index contributed by atoms with van der Waals surface area (Å²) in [6, 6.07) is 29.0. The number of hydrogen-bond acceptors (Lipinski definition) is 4. The van der Waals surface area contributed by atoms with Gasteiger partial charge in [0.1, 0.15) is 0 Å². The Balaban J connectivity index is 1.50. The molecule has 1 aromatic heterocycles. The summed E-state index contributed by atoms with van der Waals surface area (Å²) in [6.07, 6.45) is 0. The van der Waals surface area contributed by atoms with Crippen LogP contribution in [-0.2, 0) is 0 Å². The van der Waals surface area contributed by atoms with Crippen molar-refractivity contribution in [1.82, 2.24) is 14.9 Å². The van der Waals surface area contributed by atoms with E-state index < -0.39 is 0 Å². The summed E-state index contributed by atoms with van der Waals surface area (Å²) in [5.41, 5.74) is 5.60. The van der Waals surface area contributed by atoms with Crippen molar-refractivity contribution in [3.05, 3.63) is 90.5 Å². The van der Waals surface area contributed by atoms with E-state index in [2.05, 4.69) is 58.7 Å². The quantitative estimate of drug-likeness (QED) is 0.513. The Hall–Kier alpha value is -3.18. The third-order valence-electron chi connectivity index (χ3n) is 4.53. The van der Waals surface area contributed by atoms with Crippen molar-refractivity contribution in [3.8, 4) is 22.5 Å². The molecule has 0 unspecified atom stereocenters. The Morgan fingerprint density at radius 2 is 1.22 bits per heavy atom. The zero-order chi connectivity index (χ0) is 18.1. The van der Waals surface area contributed by atoms with Gasteiger partial charge < -0.3 is 0 Å². The van der Waals surface area contributed by atoms with Gasteiger partial charge in [0.2, 0.25) is 5.16 Å². The highest BCUT2D eigenvalue weighted by molar-refractivity contribution is 7.99. The summed E-state index contributed by atoms with van der Waals surface area (Å²) >= 11 is 1.67. The number of rotatable bonds is 3. The Labute approximate surface area is 161 Å². The molecule has 0 aliphatic carbocycles. The second-order valence-electron chi connectivity index (χ2n) is 6.26. The average Bonchev–Trinajstić information content (AvgIpc) is 3.18. The van der Waals surface area contributed by atoms with Crippen LogP contribution in [0.25, 0.3) is 22.5 Å². The lowest BCUT2D eigenvalue weighted by molar-refractivity contribution is 0.762. The molecule has 27 heavy (non-hydrogen) atoms. The molecule has 4 aromatic rings. The van der Waals surface area contributed by atoms with Gasteiger partial charge in [0.15, 0.2) is 5.82 Å². The van der Waals surface area contributed by atoms with Gasteiger partial charge in [0.25, 0.3) is 0 Å². The number of aromatic nitrogens is 3. The van der Waals surface area contributed by atoms with E-state index in [1.807, 2.05) is 41.1 Å². The van der Waals surface area contributed by atoms with E-state index in [0.717, 1.165) is 33.6 Å². The van der Waals surface area contributed by atoms with Crippen molar-refractivity contribution in [3.63, 3.8) is 0 Å². The normalized spacial score (nSPS) is 13.1. The summed E-state index contributed by atoms with van der Waals surface area (Å²) < 4.78 is 1.85. The third kappa shape index (κ3) is 3.06. The maximum Gasteiger partial charge on any atom is 0.212 e. The van der Waals surface area contributed by atoms with E-state index >= 15 is 0 Å². The van der Waals surface area contributed by atoms with Gasteiger partial charge in [-0.2, -0.15) is 9.78 Å². The topological polar surface area (TPSA) is 43.1 Å². The van der Waals surface area contributed by atoms with Crippen LogP contribution in [0.3, 0.4) is 0 Å². The first-order valence-corrected chi connectivity index (χ1v) is 9.74. The molecule has 3 aromatic carbocycles. The van der Waals surface area contributed by atoms with E-state index in [4.69, 9.17) is 5.10 Å². The van der Waals surface area contributed by atoms with Gasteiger partial charge in [-0.1, -0.05) is 96.7 Å². The van der Waals surface area contributed by atoms with Crippen LogP contribution < -0.4 is 0 Å². The molecule has 5 rings (SSSR count). The minimum absolute atomic E-state index is 0.774. The Bertz CT molecular complexity index is 1100. The van der Waals surface area contributed by atoms with Crippen LogP contribution in [0.4, 0.5) is 0 Å². The lowest BCUT2D eigenvalue weighted by Gasteiger charge is -2.14. The van der Waals surface area contributed by atoms with Gasteiger partial charge in [0, 0.05) is 11.3 Å². The molecule has 5 heteroatoms. The molecule has 0 radical (unpaired) electrons. The lowest BCUT2D eigenvalue weighted by atomic mass is 10.0. The number of hydrogen-bond donors (Lipinski definition) is 0. The highest BCUT2D eigenvalue weighted by atomic mass is 32.2. The molecule has 0 atom stereocenters. The van der Waals surface area contributed by atoms with Crippen LogP contribution in [0.5, 0.6) is 0 Å². The highest BCUT2D eigenvalue weighted by Crippen LogP contribution is 2.29. The van der Waals surface area contributed by atoms with Gasteiger partial charge in [-0.15, -0.1) is 10.2 Å². The second kappa shape index (κ2) is 6.85. The molecule has 130 valence electrons. The molecule has 1 aliphatic rings. The van der Waals surface area contributed by atoms with Crippen molar-refractivity contribution in [2.75, 3.05) is 5.75 Å². The fourth-order valence-electron chi connectivity index (χ4n) is 3.12. The maximum atomic E-state index is 4.84. The molecule has 0 fully saturated rings. The van der Waals surface area contributed by atoms with Crippen LogP contribution in [0.1, 0.15) is 5.56 Å². The van der Waals surface area contributed by atoms with E-state index in [9.17, 15) is 0 Å². The molecular formula is C22H16N4S. The smallest absolute Gasteiger partial charge is 0.187 e. The van der Waals surface area contributed by atoms with Crippen molar-refractivity contribution in [2.45, 2.75) is 5.16 Å². The Kier molecular flexibility index (Phi) is 4.07. The predicted molar refractivity (Wildman–Crippen MR) is 110 cm³/mol. The van der Waals surface area contributed by atoms with Crippen LogP contribution in [0.2, 0.25) is 0 Å². The largest absolute Gasteiger partial charge is 0.212 e. The van der Waals surface area contributed by atoms with Crippen molar-refractivity contribution in [2.24, 2.45) is 5.10 Å². The summed E-state index contributed by atoms with van der Waals surface area (Å²) in [4.78, 5) is 0. The van der Waals surface area contributed by atoms with Crippen LogP contribution >= 0.6 is 11.8 Å². The fraction of sp³-hybridized carbons (Fsp3) is 0.0455. The first kappa shape index (κ1) is 16.0. The van der Waals surface area contributed by atoms with Crippen molar-refractivity contribution < 1.29 is 0 Å². The van der Waals surface area contributed by atoms with Gasteiger partial charge in [-0.3, -0.25) is 0 Å². The zero-order valence-corrected chi connectivity index (χ0v) is 15.3. The fourth-order valence-corrected chi connectivity index (χ4v) is 3.96. The molecule has 1 aliphatic heterocycles. The standard InChI is InChI=1S/C22H16N4S/c1-3-7-16(8-4-1)17-11-13-18(14-12-17)20-15-27-22-24-23-21(26(22)25-20)19-9-5-2-6-10-19/h1-14H,15H2. The Morgan fingerprint density at radius 3 is 1.93 bits per heavy atom. The average molecular weight is 368 g/mol. The van der Waals surface area contributed by atoms with Crippen LogP contribution in [-0.4, -0.2) is 26.3 Å². The Morgan fingerprint density at radius 1 is 0.630 bits per heavy atom. The van der Waals surface area contributed by atoms with Gasteiger partial charge >= 0.3 is 0 Å². The third-order valence-corrected chi connectivity index (χ3v) is 5.46. The molecule has 2 heterocycles. The van der Waals surface area contributed by atoms with Gasteiger partial charge in [-0.05, 0) is 16.7 Å². The van der Waals surface area contributed by atoms with E-state index in [1.54, 1.807) is 11.8 Å². The molecular weight excluding hydrogens is 352 g/mol. The summed E-state index contributed by atoms with van der Waals surface area (Å²) in [7, 11) is 0. The predicted octanol–water partition coefficient (Wildman–Crippen LogP) is 4.97. The summed E-state index contributed by atoms with van der Waals surface area (Å²) in [5, 5.41) is 14.3. The van der Waals surface area contributed by atoms with E-state index in [1.165, 1.54) is 11.1 Å². The van der Waals surface area contributed by atoms with Gasteiger partial charge in [-0.25, -0.2) is 0 Å². The summed E-state index contributed by atoms with van der Waals surface area (Å²) in [6.45, 7) is 0. The molecule has 0 saturated carbocycles. The molecule has 0 spiro atoms. The first-order chi connectivity index (χ1) is 13.4. The highest BCUT2D eigenvalue weighted by Gasteiger charge is 2.20. The van der Waals surface area contributed by atoms with E-state index in [-0.39, 0.29) is 0 Å². The monoisotopic (exact) mass is 368 g/mol. The minimum Gasteiger partial charge on any atom is -0.187 e. The molecule has 0 amide bonds. The van der Waals surface area contributed by atoms with E-state index in [0.29, 0.717) is 0 Å². The first-order valence-electron chi connectivity index (χ1n) is 8.76. The zero-order valence-electron chi connectivity index (χ0n) is 14.5. The molecule has 4 nitrogen and oxygen atoms in total. The molecule has 0 saturated heterocycles. The minimum atomic E-state index is 0.774. The maximum absolute atomic E-state index is 4.84. The SMILES string of the molecule is c1ccc(-c2ccc(C3=Nn4c(nnc4-c4ccccc4)SC3)cc2)cc1.